The van der Waals surface area contributed by atoms with Gasteiger partial charge in [-0.3, -0.25) is 13.8 Å². The Hall–Kier alpha value is -0.760. The van der Waals surface area contributed by atoms with E-state index in [1.54, 1.807) is 0 Å². The summed E-state index contributed by atoms with van der Waals surface area (Å²) in [4.78, 5) is 22.7. The molecule has 2 atom stereocenters. The number of nitrogens with zero attached hydrogens (tertiary/aromatic N) is 1. The van der Waals surface area contributed by atoms with Crippen LogP contribution in [0.25, 0.3) is 0 Å². The monoisotopic (exact) mass is 775 g/mol. The highest BCUT2D eigenvalue weighted by atomic mass is 31.2. The Bertz CT molecular complexity index is 863. The number of likely N-dealkylation sites (N-methyl/N-ethyl adjacent to an activating group) is 1. The van der Waals surface area contributed by atoms with E-state index in [9.17, 15) is 14.3 Å². The molecule has 0 aliphatic heterocycles. The molecule has 53 heavy (non-hydrogen) atoms. The second-order valence-corrected chi connectivity index (χ2v) is 17.9. The van der Waals surface area contributed by atoms with E-state index in [-0.39, 0.29) is 25.8 Å². The maximum atomic E-state index is 12.5. The van der Waals surface area contributed by atoms with Gasteiger partial charge in [-0.05, 0) is 38.5 Å². The van der Waals surface area contributed by atoms with E-state index in [1.807, 2.05) is 21.1 Å². The Morgan fingerprint density at radius 3 is 1.43 bits per heavy atom. The highest BCUT2D eigenvalue weighted by Crippen LogP contribution is 2.43. The van der Waals surface area contributed by atoms with Crippen molar-refractivity contribution in [2.24, 2.45) is 0 Å². The highest BCUT2D eigenvalue weighted by molar-refractivity contribution is 7.47. The zero-order valence-corrected chi connectivity index (χ0v) is 36.7. The lowest BCUT2D eigenvalue weighted by atomic mass is 10.0. The van der Waals surface area contributed by atoms with Crippen molar-refractivity contribution in [3.05, 3.63) is 12.2 Å². The number of allylic oxidation sites excluding steroid dienone is 2. The number of carbonyl (C=O) groups excluding carboxylic acids is 1. The molecule has 0 radical (unpaired) electrons. The Morgan fingerprint density at radius 2 is 0.981 bits per heavy atom. The standard InChI is InChI=1S/C44H88NO7P/c1-6-8-10-12-14-16-18-20-22-24-26-28-30-32-34-36-39-49-43(42-52-53(47,48)51-40-38-45(3,4)5)41-50-44(46)37-35-33-31-29-27-25-23-21-19-17-15-13-11-9-7-2/h21,23,43H,6-20,22,24-42H2,1-5H3/p+1/b23-21-/t43-/m1/s1. The van der Waals surface area contributed by atoms with E-state index >= 15 is 0 Å². The van der Waals surface area contributed by atoms with Crippen molar-refractivity contribution in [1.82, 2.24) is 0 Å². The normalized spacial score (nSPS) is 13.8. The van der Waals surface area contributed by atoms with E-state index in [2.05, 4.69) is 26.0 Å². The quantitative estimate of drug-likeness (QED) is 0.0217. The average Bonchev–Trinajstić information content (AvgIpc) is 3.11. The third kappa shape index (κ3) is 42.2. The summed E-state index contributed by atoms with van der Waals surface area (Å²) in [6.07, 6.45) is 41.1. The molecule has 316 valence electrons. The summed E-state index contributed by atoms with van der Waals surface area (Å²) >= 11 is 0. The molecule has 0 aromatic heterocycles. The highest BCUT2D eigenvalue weighted by Gasteiger charge is 2.25. The first kappa shape index (κ1) is 52.2. The van der Waals surface area contributed by atoms with Gasteiger partial charge < -0.3 is 18.9 Å². The average molecular weight is 775 g/mol. The molecule has 0 aromatic carbocycles. The van der Waals surface area contributed by atoms with Crippen LogP contribution in [0.2, 0.25) is 0 Å². The van der Waals surface area contributed by atoms with Crippen LogP contribution in [-0.2, 0) is 27.9 Å². The lowest BCUT2D eigenvalue weighted by Gasteiger charge is -2.24. The molecule has 0 amide bonds. The molecular weight excluding hydrogens is 685 g/mol. The van der Waals surface area contributed by atoms with Gasteiger partial charge in [-0.15, -0.1) is 0 Å². The van der Waals surface area contributed by atoms with Crippen molar-refractivity contribution < 1.29 is 37.3 Å². The van der Waals surface area contributed by atoms with Crippen LogP contribution in [0.1, 0.15) is 206 Å². The van der Waals surface area contributed by atoms with Gasteiger partial charge in [0.1, 0.15) is 25.9 Å². The predicted octanol–water partition coefficient (Wildman–Crippen LogP) is 13.1. The van der Waals surface area contributed by atoms with Crippen LogP contribution in [0.15, 0.2) is 12.2 Å². The van der Waals surface area contributed by atoms with Crippen molar-refractivity contribution >= 4 is 13.8 Å². The molecule has 0 aliphatic rings. The summed E-state index contributed by atoms with van der Waals surface area (Å²) in [6, 6.07) is 0. The van der Waals surface area contributed by atoms with Gasteiger partial charge in [0.05, 0.1) is 27.7 Å². The van der Waals surface area contributed by atoms with Gasteiger partial charge in [0.2, 0.25) is 0 Å². The molecule has 0 saturated heterocycles. The van der Waals surface area contributed by atoms with Gasteiger partial charge >= 0.3 is 13.8 Å². The number of rotatable bonds is 42. The third-order valence-electron chi connectivity index (χ3n) is 9.86. The number of ether oxygens (including phenoxy) is 2. The lowest BCUT2D eigenvalue weighted by Crippen LogP contribution is -2.37. The Kier molecular flexibility index (Phi) is 37.6. The van der Waals surface area contributed by atoms with Crippen LogP contribution >= 0.6 is 7.82 Å². The molecule has 0 heterocycles. The van der Waals surface area contributed by atoms with Crippen LogP contribution in [0, 0.1) is 0 Å². The van der Waals surface area contributed by atoms with Crippen molar-refractivity contribution in [3.63, 3.8) is 0 Å². The molecule has 0 fully saturated rings. The smallest absolute Gasteiger partial charge is 0.463 e. The van der Waals surface area contributed by atoms with Gasteiger partial charge in [0.15, 0.2) is 0 Å². The number of carbonyl (C=O) groups is 1. The fourth-order valence-electron chi connectivity index (χ4n) is 6.29. The summed E-state index contributed by atoms with van der Waals surface area (Å²) in [7, 11) is 1.72. The van der Waals surface area contributed by atoms with Crippen molar-refractivity contribution in [2.45, 2.75) is 213 Å². The molecule has 0 aliphatic carbocycles. The number of phosphoric acid groups is 1. The third-order valence-corrected chi connectivity index (χ3v) is 10.8. The summed E-state index contributed by atoms with van der Waals surface area (Å²) in [5, 5.41) is 0. The van der Waals surface area contributed by atoms with Crippen LogP contribution in [-0.4, -0.2) is 75.6 Å². The molecule has 0 saturated carbocycles. The maximum Gasteiger partial charge on any atom is 0.472 e. The number of quaternary nitrogens is 1. The fraction of sp³-hybridized carbons (Fsp3) is 0.932. The van der Waals surface area contributed by atoms with Gasteiger partial charge in [0.25, 0.3) is 0 Å². The minimum Gasteiger partial charge on any atom is -0.463 e. The van der Waals surface area contributed by atoms with Gasteiger partial charge in [-0.25, -0.2) is 4.57 Å². The van der Waals surface area contributed by atoms with Crippen LogP contribution in [0.3, 0.4) is 0 Å². The first-order chi connectivity index (χ1) is 25.6. The largest absolute Gasteiger partial charge is 0.472 e. The minimum atomic E-state index is -4.24. The van der Waals surface area contributed by atoms with E-state index in [1.165, 1.54) is 148 Å². The van der Waals surface area contributed by atoms with Crippen LogP contribution < -0.4 is 0 Å². The topological polar surface area (TPSA) is 91.3 Å². The molecule has 1 N–H and O–H groups in total. The zero-order chi connectivity index (χ0) is 39.1. The fourth-order valence-corrected chi connectivity index (χ4v) is 7.03. The number of esters is 1. The van der Waals surface area contributed by atoms with E-state index in [4.69, 9.17) is 18.5 Å². The second-order valence-electron chi connectivity index (χ2n) is 16.4. The van der Waals surface area contributed by atoms with Gasteiger partial charge in [-0.2, -0.15) is 0 Å². The molecule has 9 heteroatoms. The summed E-state index contributed by atoms with van der Waals surface area (Å²) in [5.74, 6) is -0.259. The molecule has 0 aromatic rings. The van der Waals surface area contributed by atoms with Crippen molar-refractivity contribution in [2.75, 3.05) is 54.1 Å². The summed E-state index contributed by atoms with van der Waals surface area (Å²) in [5.41, 5.74) is 0. The molecule has 8 nitrogen and oxygen atoms in total. The van der Waals surface area contributed by atoms with Crippen molar-refractivity contribution in [1.29, 1.82) is 0 Å². The van der Waals surface area contributed by atoms with Crippen molar-refractivity contribution in [3.8, 4) is 0 Å². The predicted molar refractivity (Wildman–Crippen MR) is 224 cm³/mol. The molecular formula is C44H89NO7P+. The van der Waals surface area contributed by atoms with Gasteiger partial charge in [-0.1, -0.05) is 174 Å². The van der Waals surface area contributed by atoms with Gasteiger partial charge in [0, 0.05) is 13.0 Å². The Balaban J connectivity index is 4.20. The second kappa shape index (κ2) is 38.1. The first-order valence-corrected chi connectivity index (χ1v) is 23.9. The first-order valence-electron chi connectivity index (χ1n) is 22.4. The van der Waals surface area contributed by atoms with E-state index in [0.717, 1.165) is 38.5 Å². The number of hydrogen-bond donors (Lipinski definition) is 1. The van der Waals surface area contributed by atoms with Crippen LogP contribution in [0.4, 0.5) is 0 Å². The molecule has 0 rings (SSSR count). The SMILES string of the molecule is CCCCCCCC/C=C\CCCCCCCC(=O)OC[C@H](COP(=O)(O)OCC[N+](C)(C)C)OCCCCCCCCCCCCCCCCCC. The maximum absolute atomic E-state index is 12.5. The van der Waals surface area contributed by atoms with E-state index < -0.39 is 13.9 Å². The zero-order valence-electron chi connectivity index (χ0n) is 35.8. The lowest BCUT2D eigenvalue weighted by molar-refractivity contribution is -0.870. The molecule has 1 unspecified atom stereocenters. The summed E-state index contributed by atoms with van der Waals surface area (Å²) in [6.45, 7) is 5.54. The molecule has 0 spiro atoms. The Morgan fingerprint density at radius 1 is 0.566 bits per heavy atom. The molecule has 0 bridgehead atoms. The number of unbranched alkanes of at least 4 members (excludes halogenated alkanes) is 26. The number of phosphoric ester groups is 1. The van der Waals surface area contributed by atoms with Crippen LogP contribution in [0.5, 0.6) is 0 Å². The minimum absolute atomic E-state index is 0.00163. The summed E-state index contributed by atoms with van der Waals surface area (Å²) < 4.78 is 35.1. The van der Waals surface area contributed by atoms with E-state index in [0.29, 0.717) is 24.1 Å². The number of hydrogen-bond acceptors (Lipinski definition) is 6. The Labute approximate surface area is 329 Å².